The molecule has 26 heavy (non-hydrogen) atoms. The minimum absolute atomic E-state index is 0.0352. The smallest absolute Gasteiger partial charge is 0.315 e. The molecule has 6 heteroatoms. The lowest BCUT2D eigenvalue weighted by atomic mass is 10.1. The average Bonchev–Trinajstić information content (AvgIpc) is 2.66. The van der Waals surface area contributed by atoms with Crippen molar-refractivity contribution in [3.63, 3.8) is 0 Å². The molecule has 0 radical (unpaired) electrons. The van der Waals surface area contributed by atoms with Gasteiger partial charge in [0.1, 0.15) is 12.4 Å². The topological polar surface area (TPSA) is 79.8 Å². The summed E-state index contributed by atoms with van der Waals surface area (Å²) < 4.78 is 11.4. The van der Waals surface area contributed by atoms with Crippen molar-refractivity contribution in [3.05, 3.63) is 54.1 Å². The van der Waals surface area contributed by atoms with Gasteiger partial charge in [-0.3, -0.25) is 0 Å². The largest absolute Gasteiger partial charge is 0.508 e. The lowest BCUT2D eigenvalue weighted by Crippen LogP contribution is -2.46. The van der Waals surface area contributed by atoms with Gasteiger partial charge >= 0.3 is 6.03 Å². The second kappa shape index (κ2) is 8.47. The highest BCUT2D eigenvalue weighted by Crippen LogP contribution is 2.30. The molecule has 2 aromatic carbocycles. The first kappa shape index (κ1) is 17.9. The highest BCUT2D eigenvalue weighted by atomic mass is 16.6. The third-order valence-electron chi connectivity index (χ3n) is 4.24. The number of phenolic OH excluding ortho intramolecular Hbond substituents is 1. The van der Waals surface area contributed by atoms with Crippen molar-refractivity contribution in [3.8, 4) is 17.2 Å². The fourth-order valence-corrected chi connectivity index (χ4v) is 2.76. The highest BCUT2D eigenvalue weighted by molar-refractivity contribution is 5.74. The van der Waals surface area contributed by atoms with Crippen molar-refractivity contribution in [1.29, 1.82) is 0 Å². The summed E-state index contributed by atoms with van der Waals surface area (Å²) in [6, 6.07) is 14.4. The maximum Gasteiger partial charge on any atom is 0.315 e. The second-order valence-electron chi connectivity index (χ2n) is 6.46. The van der Waals surface area contributed by atoms with Crippen molar-refractivity contribution in [2.75, 3.05) is 13.2 Å². The molecule has 2 amide bonds. The van der Waals surface area contributed by atoms with Gasteiger partial charge in [-0.2, -0.15) is 0 Å². The molecule has 1 heterocycles. The number of carbonyl (C=O) groups is 1. The molecule has 0 spiro atoms. The molecule has 6 nitrogen and oxygen atoms in total. The maximum atomic E-state index is 12.0. The minimum atomic E-state index is -0.217. The van der Waals surface area contributed by atoms with Gasteiger partial charge < -0.3 is 25.2 Å². The number of benzene rings is 2. The van der Waals surface area contributed by atoms with E-state index in [0.29, 0.717) is 18.9 Å². The SMILES string of the molecule is CC(CCc1ccc(O)cc1)NC(=O)NCC1COc2ccccc2O1. The molecule has 1 aliphatic rings. The number of urea groups is 1. The predicted molar refractivity (Wildman–Crippen MR) is 98.8 cm³/mol. The van der Waals surface area contributed by atoms with Crippen molar-refractivity contribution in [2.24, 2.45) is 0 Å². The van der Waals surface area contributed by atoms with Gasteiger partial charge in [0.15, 0.2) is 17.6 Å². The molecule has 0 saturated carbocycles. The van der Waals surface area contributed by atoms with Gasteiger partial charge in [-0.25, -0.2) is 4.79 Å². The van der Waals surface area contributed by atoms with E-state index >= 15 is 0 Å². The van der Waals surface area contributed by atoms with E-state index in [9.17, 15) is 9.90 Å². The quantitative estimate of drug-likeness (QED) is 0.744. The van der Waals surface area contributed by atoms with Gasteiger partial charge in [0.25, 0.3) is 0 Å². The van der Waals surface area contributed by atoms with Crippen LogP contribution in [0.2, 0.25) is 0 Å². The molecule has 2 aromatic rings. The fourth-order valence-electron chi connectivity index (χ4n) is 2.76. The first-order valence-corrected chi connectivity index (χ1v) is 8.81. The number of nitrogens with one attached hydrogen (secondary N) is 2. The van der Waals surface area contributed by atoms with E-state index in [4.69, 9.17) is 9.47 Å². The number of amides is 2. The molecule has 2 unspecified atom stereocenters. The van der Waals surface area contributed by atoms with E-state index < -0.39 is 0 Å². The first-order valence-electron chi connectivity index (χ1n) is 8.81. The van der Waals surface area contributed by atoms with Crippen LogP contribution in [0.4, 0.5) is 4.79 Å². The Hall–Kier alpha value is -2.89. The Bertz CT molecular complexity index is 733. The average molecular weight is 356 g/mol. The van der Waals surface area contributed by atoms with Crippen molar-refractivity contribution >= 4 is 6.03 Å². The Balaban J connectivity index is 1.37. The summed E-state index contributed by atoms with van der Waals surface area (Å²) in [5, 5.41) is 15.0. The van der Waals surface area contributed by atoms with Gasteiger partial charge in [-0.15, -0.1) is 0 Å². The monoisotopic (exact) mass is 356 g/mol. The lowest BCUT2D eigenvalue weighted by molar-refractivity contribution is 0.0917. The predicted octanol–water partition coefficient (Wildman–Crippen LogP) is 2.85. The number of ether oxygens (including phenoxy) is 2. The van der Waals surface area contributed by atoms with Gasteiger partial charge in [-0.05, 0) is 49.6 Å². The van der Waals surface area contributed by atoms with Crippen LogP contribution >= 0.6 is 0 Å². The molecule has 0 saturated heterocycles. The summed E-state index contributed by atoms with van der Waals surface area (Å²) in [4.78, 5) is 12.0. The van der Waals surface area contributed by atoms with E-state index in [2.05, 4.69) is 10.6 Å². The van der Waals surface area contributed by atoms with Crippen LogP contribution in [0.5, 0.6) is 17.2 Å². The third kappa shape index (κ3) is 5.05. The van der Waals surface area contributed by atoms with Crippen molar-refractivity contribution in [2.45, 2.75) is 31.9 Å². The fraction of sp³-hybridized carbons (Fsp3) is 0.350. The van der Waals surface area contributed by atoms with Gasteiger partial charge in [0, 0.05) is 6.04 Å². The molecular weight excluding hydrogens is 332 g/mol. The van der Waals surface area contributed by atoms with Crippen LogP contribution in [0.25, 0.3) is 0 Å². The van der Waals surface area contributed by atoms with Gasteiger partial charge in [0.05, 0.1) is 6.54 Å². The molecule has 0 bridgehead atoms. The number of para-hydroxylation sites is 2. The summed E-state index contributed by atoms with van der Waals surface area (Å²) >= 11 is 0. The highest BCUT2D eigenvalue weighted by Gasteiger charge is 2.21. The van der Waals surface area contributed by atoms with E-state index in [-0.39, 0.29) is 23.9 Å². The van der Waals surface area contributed by atoms with E-state index in [1.807, 2.05) is 43.3 Å². The second-order valence-corrected chi connectivity index (χ2v) is 6.46. The minimum Gasteiger partial charge on any atom is -0.508 e. The van der Waals surface area contributed by atoms with Crippen LogP contribution in [0.3, 0.4) is 0 Å². The van der Waals surface area contributed by atoms with E-state index in [1.165, 1.54) is 0 Å². The van der Waals surface area contributed by atoms with E-state index in [0.717, 1.165) is 24.2 Å². The Labute approximate surface area is 153 Å². The van der Waals surface area contributed by atoms with E-state index in [1.54, 1.807) is 12.1 Å². The Morgan fingerprint density at radius 3 is 2.69 bits per heavy atom. The summed E-state index contributed by atoms with van der Waals surface area (Å²) in [6.07, 6.45) is 1.44. The zero-order valence-corrected chi connectivity index (χ0v) is 14.8. The molecule has 138 valence electrons. The standard InChI is InChI=1S/C20H24N2O4/c1-14(6-7-15-8-10-16(23)11-9-15)22-20(24)21-12-17-13-25-18-4-2-3-5-19(18)26-17/h2-5,8-11,14,17,23H,6-7,12-13H2,1H3,(H2,21,22,24). The lowest BCUT2D eigenvalue weighted by Gasteiger charge is -2.26. The molecule has 3 rings (SSSR count). The number of rotatable bonds is 6. The van der Waals surface area contributed by atoms with Crippen LogP contribution in [0, 0.1) is 0 Å². The summed E-state index contributed by atoms with van der Waals surface area (Å²) in [7, 11) is 0. The zero-order valence-electron chi connectivity index (χ0n) is 14.8. The Kier molecular flexibility index (Phi) is 5.84. The normalized spacial score (nSPS) is 16.6. The van der Waals surface area contributed by atoms with Crippen molar-refractivity contribution < 1.29 is 19.4 Å². The third-order valence-corrected chi connectivity index (χ3v) is 4.24. The van der Waals surface area contributed by atoms with Gasteiger partial charge in [0.2, 0.25) is 0 Å². The number of carbonyl (C=O) groups excluding carboxylic acids is 1. The first-order chi connectivity index (χ1) is 12.6. The number of fused-ring (bicyclic) bond motifs is 1. The van der Waals surface area contributed by atoms with Crippen LogP contribution in [-0.2, 0) is 6.42 Å². The van der Waals surface area contributed by atoms with Crippen LogP contribution < -0.4 is 20.1 Å². The number of aryl methyl sites for hydroxylation is 1. The van der Waals surface area contributed by atoms with Gasteiger partial charge in [-0.1, -0.05) is 24.3 Å². The van der Waals surface area contributed by atoms with Crippen LogP contribution in [0.15, 0.2) is 48.5 Å². The number of hydrogen-bond donors (Lipinski definition) is 3. The van der Waals surface area contributed by atoms with Crippen LogP contribution in [-0.4, -0.2) is 36.4 Å². The summed E-state index contributed by atoms with van der Waals surface area (Å²) in [5.74, 6) is 1.69. The molecular formula is C20H24N2O4. The molecule has 3 N–H and O–H groups in total. The number of aromatic hydroxyl groups is 1. The Morgan fingerprint density at radius 2 is 1.92 bits per heavy atom. The summed E-state index contributed by atoms with van der Waals surface area (Å²) in [6.45, 7) is 2.76. The number of hydrogen-bond acceptors (Lipinski definition) is 4. The molecule has 1 aliphatic heterocycles. The summed E-state index contributed by atoms with van der Waals surface area (Å²) in [5.41, 5.74) is 1.13. The van der Waals surface area contributed by atoms with Crippen molar-refractivity contribution in [1.82, 2.24) is 10.6 Å². The molecule has 0 aromatic heterocycles. The zero-order chi connectivity index (χ0) is 18.4. The Morgan fingerprint density at radius 1 is 1.19 bits per heavy atom. The maximum absolute atomic E-state index is 12.0. The molecule has 2 atom stereocenters. The number of phenols is 1. The van der Waals surface area contributed by atoms with Crippen LogP contribution in [0.1, 0.15) is 18.9 Å². The molecule has 0 fully saturated rings. The molecule has 0 aliphatic carbocycles.